The number of methoxy groups -OCH3 is 2. The van der Waals surface area contributed by atoms with Crippen LogP contribution < -0.4 is 24.8 Å². The Hall–Kier alpha value is -4.33. The van der Waals surface area contributed by atoms with Crippen molar-refractivity contribution in [3.8, 4) is 17.2 Å². The van der Waals surface area contributed by atoms with Crippen LogP contribution in [0, 0.1) is 5.41 Å². The molecule has 0 bridgehead atoms. The summed E-state index contributed by atoms with van der Waals surface area (Å²) in [6.45, 7) is 1.57. The molecule has 2 unspecified atom stereocenters. The Morgan fingerprint density at radius 2 is 1.73 bits per heavy atom. The van der Waals surface area contributed by atoms with Crippen molar-refractivity contribution in [3.05, 3.63) is 82.4 Å². The average Bonchev–Trinajstić information content (AvgIpc) is 3.72. The van der Waals surface area contributed by atoms with E-state index in [2.05, 4.69) is 4.74 Å². The lowest BCUT2D eigenvalue weighted by Gasteiger charge is -2.23. The summed E-state index contributed by atoms with van der Waals surface area (Å²) in [5.74, 6) is -0.826. The normalized spacial score (nSPS) is 15.3. The van der Waals surface area contributed by atoms with Crippen molar-refractivity contribution in [2.45, 2.75) is 43.7 Å². The van der Waals surface area contributed by atoms with Gasteiger partial charge in [0, 0.05) is 34.8 Å². The SMILES string of the molecule is CC(O)C(=O)O.COc1cc(Cl)ccc1C(N)C(=O)N1CC2(CC2)c2ccc(OC(F)(F)F)cc21.COc1cccc(C=N)c1. The van der Waals surface area contributed by atoms with Gasteiger partial charge in [-0.1, -0.05) is 35.9 Å². The standard InChI is InChI=1S/C20H18ClF3N2O3.C8H9NO.C3H6O3/c1-28-16-8-11(21)2-4-13(16)17(25)18(27)26-10-19(6-7-19)14-5-3-12(9-15(14)26)29-20(22,23)24;1-10-8-4-2-3-7(5-8)6-9;1-2(4)3(5)6/h2-5,8-9,17H,6-7,10,25H2,1H3;2-6,9H,1H3;2,4H,1H3,(H,5,6). The molecule has 1 aliphatic heterocycles. The molecule has 45 heavy (non-hydrogen) atoms. The Labute approximate surface area is 262 Å². The van der Waals surface area contributed by atoms with E-state index in [-0.39, 0.29) is 11.2 Å². The number of anilines is 1. The maximum absolute atomic E-state index is 13.2. The molecule has 5 N–H and O–H groups in total. The predicted octanol–water partition coefficient (Wildman–Crippen LogP) is 5.47. The lowest BCUT2D eigenvalue weighted by molar-refractivity contribution is -0.274. The topological polar surface area (TPSA) is 155 Å². The molecule has 0 saturated heterocycles. The molecule has 242 valence electrons. The van der Waals surface area contributed by atoms with Gasteiger partial charge in [-0.05, 0) is 61.2 Å². The number of nitrogens with two attached hydrogens (primary N) is 1. The van der Waals surface area contributed by atoms with Crippen molar-refractivity contribution >= 4 is 35.4 Å². The summed E-state index contributed by atoms with van der Waals surface area (Å²) in [5, 5.41) is 23.1. The van der Waals surface area contributed by atoms with Crippen LogP contribution in [0.1, 0.15) is 42.5 Å². The Balaban J connectivity index is 0.000000284. The Morgan fingerprint density at radius 3 is 2.27 bits per heavy atom. The first kappa shape index (κ1) is 35.2. The van der Waals surface area contributed by atoms with Gasteiger partial charge in [-0.2, -0.15) is 0 Å². The molecule has 3 aromatic rings. The number of amides is 1. The largest absolute Gasteiger partial charge is 0.573 e. The fraction of sp³-hybridized carbons (Fsp3) is 0.323. The molecule has 1 saturated carbocycles. The summed E-state index contributed by atoms with van der Waals surface area (Å²) >= 11 is 5.97. The van der Waals surface area contributed by atoms with Gasteiger partial charge in [0.05, 0.1) is 19.9 Å². The molecule has 0 radical (unpaired) electrons. The van der Waals surface area contributed by atoms with Gasteiger partial charge in [0.15, 0.2) is 0 Å². The molecule has 1 amide bonds. The second-order valence-corrected chi connectivity index (χ2v) is 10.7. The number of benzene rings is 3. The molecular weight excluding hydrogens is 619 g/mol. The van der Waals surface area contributed by atoms with Gasteiger partial charge in [0.25, 0.3) is 0 Å². The molecule has 1 aliphatic carbocycles. The number of aliphatic hydroxyl groups is 1. The van der Waals surface area contributed by atoms with Crippen molar-refractivity contribution < 1.29 is 47.2 Å². The third-order valence-corrected chi connectivity index (χ3v) is 7.29. The van der Waals surface area contributed by atoms with Crippen LogP contribution in [0.25, 0.3) is 0 Å². The number of carbonyl (C=O) groups excluding carboxylic acids is 1. The molecule has 10 nitrogen and oxygen atoms in total. The Morgan fingerprint density at radius 1 is 1.07 bits per heavy atom. The highest BCUT2D eigenvalue weighted by atomic mass is 35.5. The number of aliphatic hydroxyl groups excluding tert-OH is 1. The minimum atomic E-state index is -4.81. The number of rotatable bonds is 7. The van der Waals surface area contributed by atoms with E-state index in [1.807, 2.05) is 24.3 Å². The maximum atomic E-state index is 13.2. The second-order valence-electron chi connectivity index (χ2n) is 10.2. The summed E-state index contributed by atoms with van der Waals surface area (Å²) in [5.41, 5.74) is 8.56. The van der Waals surface area contributed by atoms with E-state index < -0.39 is 30.4 Å². The van der Waals surface area contributed by atoms with Crippen LogP contribution in [0.15, 0.2) is 60.7 Å². The summed E-state index contributed by atoms with van der Waals surface area (Å²) in [6, 6.07) is 15.2. The number of nitrogens with one attached hydrogen (secondary N) is 1. The van der Waals surface area contributed by atoms with Gasteiger partial charge in [-0.25, -0.2) is 4.79 Å². The molecule has 1 spiro atoms. The zero-order valence-electron chi connectivity index (χ0n) is 24.6. The van der Waals surface area contributed by atoms with E-state index in [0.29, 0.717) is 28.6 Å². The van der Waals surface area contributed by atoms with Gasteiger partial charge in [0.1, 0.15) is 29.4 Å². The van der Waals surface area contributed by atoms with E-state index in [0.717, 1.165) is 29.7 Å². The molecule has 2 aliphatic rings. The van der Waals surface area contributed by atoms with Crippen molar-refractivity contribution in [1.29, 1.82) is 5.41 Å². The molecule has 3 aromatic carbocycles. The molecule has 0 aromatic heterocycles. The molecule has 2 atom stereocenters. The number of ether oxygens (including phenoxy) is 3. The number of fused-ring (bicyclic) bond motifs is 2. The van der Waals surface area contributed by atoms with E-state index >= 15 is 0 Å². The van der Waals surface area contributed by atoms with Crippen molar-refractivity contribution in [2.24, 2.45) is 5.73 Å². The summed E-state index contributed by atoms with van der Waals surface area (Å²) in [7, 11) is 3.06. The average molecular weight is 652 g/mol. The van der Waals surface area contributed by atoms with Gasteiger partial charge in [-0.3, -0.25) is 4.79 Å². The number of carbonyl (C=O) groups is 2. The number of halogens is 4. The van der Waals surface area contributed by atoms with E-state index in [9.17, 15) is 22.8 Å². The van der Waals surface area contributed by atoms with Crippen LogP contribution in [0.2, 0.25) is 5.02 Å². The Bertz CT molecular complexity index is 1530. The van der Waals surface area contributed by atoms with Gasteiger partial charge < -0.3 is 40.5 Å². The first-order valence-corrected chi connectivity index (χ1v) is 13.9. The molecule has 1 heterocycles. The number of hydrogen-bond acceptors (Lipinski definition) is 8. The van der Waals surface area contributed by atoms with Crippen LogP contribution in [-0.2, 0) is 15.0 Å². The predicted molar refractivity (Wildman–Crippen MR) is 162 cm³/mol. The summed E-state index contributed by atoms with van der Waals surface area (Å²) in [4.78, 5) is 24.1. The van der Waals surface area contributed by atoms with E-state index in [1.54, 1.807) is 31.4 Å². The van der Waals surface area contributed by atoms with Gasteiger partial charge in [0.2, 0.25) is 5.91 Å². The molecular formula is C31H33ClF3N3O7. The number of alkyl halides is 3. The molecule has 14 heteroatoms. The summed E-state index contributed by atoms with van der Waals surface area (Å²) in [6.07, 6.45) is -3.02. The first-order valence-electron chi connectivity index (χ1n) is 13.5. The highest BCUT2D eigenvalue weighted by molar-refractivity contribution is 6.30. The number of aliphatic carboxylic acids is 1. The highest BCUT2D eigenvalue weighted by Gasteiger charge is 2.53. The highest BCUT2D eigenvalue weighted by Crippen LogP contribution is 2.57. The Kier molecular flexibility index (Phi) is 11.4. The van der Waals surface area contributed by atoms with Crippen LogP contribution in [0.5, 0.6) is 17.2 Å². The molecule has 1 fully saturated rings. The van der Waals surface area contributed by atoms with E-state index in [4.69, 9.17) is 42.4 Å². The number of carboxylic acid groups (broad SMARTS) is 1. The minimum Gasteiger partial charge on any atom is -0.497 e. The lowest BCUT2D eigenvalue weighted by Crippen LogP contribution is -2.39. The lowest BCUT2D eigenvalue weighted by atomic mass is 9.99. The quantitative estimate of drug-likeness (QED) is 0.245. The third kappa shape index (κ3) is 9.10. The third-order valence-electron chi connectivity index (χ3n) is 7.06. The maximum Gasteiger partial charge on any atom is 0.573 e. The van der Waals surface area contributed by atoms with E-state index in [1.165, 1.54) is 37.3 Å². The van der Waals surface area contributed by atoms with Crippen molar-refractivity contribution in [1.82, 2.24) is 0 Å². The smallest absolute Gasteiger partial charge is 0.497 e. The van der Waals surface area contributed by atoms with Gasteiger partial charge in [-0.15, -0.1) is 13.2 Å². The minimum absolute atomic E-state index is 0.217. The molecule has 5 rings (SSSR count). The van der Waals surface area contributed by atoms with Crippen LogP contribution in [-0.4, -0.2) is 61.5 Å². The number of carboxylic acids is 1. The fourth-order valence-corrected chi connectivity index (χ4v) is 4.76. The van der Waals surface area contributed by atoms with Crippen LogP contribution in [0.3, 0.4) is 0 Å². The van der Waals surface area contributed by atoms with Crippen LogP contribution >= 0.6 is 11.6 Å². The zero-order chi connectivity index (χ0) is 33.5. The van der Waals surface area contributed by atoms with Crippen LogP contribution in [0.4, 0.5) is 18.9 Å². The first-order chi connectivity index (χ1) is 21.1. The monoisotopic (exact) mass is 651 g/mol. The van der Waals surface area contributed by atoms with Crippen molar-refractivity contribution in [3.63, 3.8) is 0 Å². The fourth-order valence-electron chi connectivity index (χ4n) is 4.60. The van der Waals surface area contributed by atoms with Crippen molar-refractivity contribution in [2.75, 3.05) is 25.7 Å². The number of hydrogen-bond donors (Lipinski definition) is 4. The number of nitrogens with zero attached hydrogens (tertiary/aromatic N) is 1. The van der Waals surface area contributed by atoms with Gasteiger partial charge >= 0.3 is 12.3 Å². The zero-order valence-corrected chi connectivity index (χ0v) is 25.4. The summed E-state index contributed by atoms with van der Waals surface area (Å²) < 4.78 is 52.2. The second kappa shape index (κ2) is 14.6.